The Morgan fingerprint density at radius 1 is 1.07 bits per heavy atom. The van der Waals surface area contributed by atoms with Gasteiger partial charge >= 0.3 is 0 Å². The molecule has 3 heterocycles. The van der Waals surface area contributed by atoms with Crippen molar-refractivity contribution in [2.24, 2.45) is 0 Å². The molecule has 216 valence electrons. The van der Waals surface area contributed by atoms with Crippen LogP contribution in [0.3, 0.4) is 0 Å². The first-order valence-electron chi connectivity index (χ1n) is 14.1. The van der Waals surface area contributed by atoms with Crippen LogP contribution in [0, 0.1) is 13.8 Å². The maximum absolute atomic E-state index is 13.3. The molecule has 1 fully saturated rings. The third kappa shape index (κ3) is 6.94. The van der Waals surface area contributed by atoms with E-state index in [-0.39, 0.29) is 43.2 Å². The number of rotatable bonds is 3. The summed E-state index contributed by atoms with van der Waals surface area (Å²) >= 11 is 0. The van der Waals surface area contributed by atoms with Crippen LogP contribution in [0.4, 0.5) is 0 Å². The minimum absolute atomic E-state index is 0.0225. The fraction of sp³-hybridized carbons (Fsp3) is 0.419. The number of nitrogens with one attached hydrogen (secondary N) is 2. The monoisotopic (exact) mass is 559 g/mol. The summed E-state index contributed by atoms with van der Waals surface area (Å²) in [4.78, 5) is 43.0. The van der Waals surface area contributed by atoms with Gasteiger partial charge in [-0.05, 0) is 62.6 Å². The smallest absolute Gasteiger partial charge is 0.239 e. The van der Waals surface area contributed by atoms with Crippen molar-refractivity contribution in [3.8, 4) is 11.5 Å². The number of aromatic nitrogens is 2. The van der Waals surface area contributed by atoms with E-state index < -0.39 is 6.04 Å². The lowest BCUT2D eigenvalue weighted by atomic mass is 10.00. The van der Waals surface area contributed by atoms with Crippen LogP contribution in [-0.4, -0.2) is 76.0 Å². The number of hydrogen-bond acceptors (Lipinski definition) is 6. The summed E-state index contributed by atoms with van der Waals surface area (Å²) in [7, 11) is 0. The van der Waals surface area contributed by atoms with Crippen LogP contribution in [0.2, 0.25) is 0 Å². The Morgan fingerprint density at radius 3 is 2.51 bits per heavy atom. The topological polar surface area (TPSA) is 117 Å². The Labute approximate surface area is 240 Å². The van der Waals surface area contributed by atoms with Crippen LogP contribution in [-0.2, 0) is 38.6 Å². The highest BCUT2D eigenvalue weighted by atomic mass is 16.5. The average Bonchev–Trinajstić information content (AvgIpc) is 3.27. The third-order valence-electron chi connectivity index (χ3n) is 7.78. The van der Waals surface area contributed by atoms with E-state index >= 15 is 0 Å². The van der Waals surface area contributed by atoms with Crippen molar-refractivity contribution in [3.63, 3.8) is 0 Å². The Hall–Kier alpha value is -4.18. The molecule has 1 saturated heterocycles. The second-order valence-corrected chi connectivity index (χ2v) is 10.7. The van der Waals surface area contributed by atoms with Gasteiger partial charge < -0.3 is 24.6 Å². The largest absolute Gasteiger partial charge is 0.457 e. The van der Waals surface area contributed by atoms with Gasteiger partial charge in [-0.25, -0.2) is 0 Å². The van der Waals surface area contributed by atoms with Crippen molar-refractivity contribution >= 4 is 17.7 Å². The van der Waals surface area contributed by atoms with Gasteiger partial charge in [0.05, 0.1) is 43.8 Å². The van der Waals surface area contributed by atoms with Gasteiger partial charge in [0, 0.05) is 30.9 Å². The SMILES string of the molecule is CCN1CC(=O)N[C@H]2CN(C(=O)Cc3c(C)n[nH]c3C)CC[C@@H]2OCc2cccc(c2)Oc2cccc(c2)CC1=O. The fourth-order valence-corrected chi connectivity index (χ4v) is 5.44. The number of likely N-dealkylation sites (N-methyl/N-ethyl adjacent to an activating group) is 1. The van der Waals surface area contributed by atoms with Crippen molar-refractivity contribution < 1.29 is 23.9 Å². The number of carbonyl (C=O) groups is 3. The van der Waals surface area contributed by atoms with E-state index in [0.717, 1.165) is 28.1 Å². The van der Waals surface area contributed by atoms with Gasteiger partial charge in [-0.15, -0.1) is 0 Å². The maximum Gasteiger partial charge on any atom is 0.239 e. The van der Waals surface area contributed by atoms with Crippen LogP contribution in [0.5, 0.6) is 11.5 Å². The van der Waals surface area contributed by atoms with Gasteiger partial charge in [-0.2, -0.15) is 5.10 Å². The maximum atomic E-state index is 13.3. The van der Waals surface area contributed by atoms with Crippen LogP contribution < -0.4 is 10.1 Å². The molecule has 0 spiro atoms. The Kier molecular flexibility index (Phi) is 8.68. The number of benzene rings is 2. The second kappa shape index (κ2) is 12.6. The first-order valence-corrected chi connectivity index (χ1v) is 14.1. The van der Waals surface area contributed by atoms with E-state index in [1.807, 2.05) is 69.3 Å². The van der Waals surface area contributed by atoms with Crippen molar-refractivity contribution in [1.29, 1.82) is 0 Å². The zero-order chi connectivity index (χ0) is 28.9. The van der Waals surface area contributed by atoms with Gasteiger partial charge in [-0.3, -0.25) is 19.5 Å². The molecule has 1 aromatic heterocycles. The third-order valence-corrected chi connectivity index (χ3v) is 7.78. The first-order chi connectivity index (χ1) is 19.8. The number of likely N-dealkylation sites (tertiary alicyclic amines) is 1. The Balaban J connectivity index is 1.37. The summed E-state index contributed by atoms with van der Waals surface area (Å²) in [6, 6.07) is 14.7. The zero-order valence-corrected chi connectivity index (χ0v) is 23.8. The van der Waals surface area contributed by atoms with E-state index in [4.69, 9.17) is 9.47 Å². The van der Waals surface area contributed by atoms with Crippen LogP contribution in [0.25, 0.3) is 0 Å². The van der Waals surface area contributed by atoms with Gasteiger partial charge in [-0.1, -0.05) is 24.3 Å². The molecule has 2 aliphatic heterocycles. The van der Waals surface area contributed by atoms with Crippen LogP contribution >= 0.6 is 0 Å². The molecule has 10 heteroatoms. The number of amides is 3. The molecule has 3 amide bonds. The molecule has 5 rings (SSSR count). The number of hydrogen-bond donors (Lipinski definition) is 2. The molecular formula is C31H37N5O5. The van der Waals surface area contributed by atoms with Crippen LogP contribution in [0.15, 0.2) is 48.5 Å². The zero-order valence-electron chi connectivity index (χ0n) is 23.8. The number of ether oxygens (including phenoxy) is 2. The number of fused-ring (bicyclic) bond motifs is 5. The number of piperidine rings is 1. The molecule has 0 aliphatic carbocycles. The fourth-order valence-electron chi connectivity index (χ4n) is 5.44. The molecule has 0 saturated carbocycles. The summed E-state index contributed by atoms with van der Waals surface area (Å²) in [6.07, 6.45) is 0.661. The molecule has 4 bridgehead atoms. The number of H-pyrrole nitrogens is 1. The molecule has 2 aromatic carbocycles. The van der Waals surface area contributed by atoms with E-state index in [0.29, 0.717) is 44.2 Å². The first kappa shape index (κ1) is 28.4. The molecule has 2 aliphatic rings. The van der Waals surface area contributed by atoms with Crippen molar-refractivity contribution in [2.45, 2.75) is 58.8 Å². The second-order valence-electron chi connectivity index (χ2n) is 10.7. The molecule has 0 radical (unpaired) electrons. The van der Waals surface area contributed by atoms with Gasteiger partial charge in [0.2, 0.25) is 17.7 Å². The lowest BCUT2D eigenvalue weighted by molar-refractivity contribution is -0.138. The van der Waals surface area contributed by atoms with Gasteiger partial charge in [0.15, 0.2) is 0 Å². The summed E-state index contributed by atoms with van der Waals surface area (Å²) in [6.45, 7) is 7.13. The summed E-state index contributed by atoms with van der Waals surface area (Å²) in [5.74, 6) is 0.856. The number of aryl methyl sites for hydroxylation is 2. The normalized spacial score (nSPS) is 20.1. The predicted octanol–water partition coefficient (Wildman–Crippen LogP) is 3.07. The average molecular weight is 560 g/mol. The lowest BCUT2D eigenvalue weighted by Gasteiger charge is -2.39. The highest BCUT2D eigenvalue weighted by Crippen LogP contribution is 2.25. The molecular weight excluding hydrogens is 522 g/mol. The van der Waals surface area contributed by atoms with Crippen molar-refractivity contribution in [2.75, 3.05) is 26.2 Å². The van der Waals surface area contributed by atoms with E-state index in [1.54, 1.807) is 4.90 Å². The van der Waals surface area contributed by atoms with Crippen molar-refractivity contribution in [1.82, 2.24) is 25.3 Å². The number of nitrogens with zero attached hydrogens (tertiary/aromatic N) is 3. The summed E-state index contributed by atoms with van der Waals surface area (Å²) in [5.41, 5.74) is 4.33. The molecule has 2 N–H and O–H groups in total. The molecule has 10 nitrogen and oxygen atoms in total. The Bertz CT molecular complexity index is 1400. The standard InChI is InChI=1S/C31H37N5O5/c1-4-35-18-29(37)32-27-17-36(31(39)16-26-20(2)33-34-21(26)3)12-11-28(27)40-19-23-8-6-10-25(14-23)41-24-9-5-7-22(13-24)15-30(35)38/h5-10,13-14,27-28H,4,11-12,15-19H2,1-3H3,(H,32,37)(H,33,34)/t27-,28-/m0/s1. The predicted molar refractivity (Wildman–Crippen MR) is 152 cm³/mol. The molecule has 2 atom stereocenters. The van der Waals surface area contributed by atoms with Gasteiger partial charge in [0.25, 0.3) is 0 Å². The summed E-state index contributed by atoms with van der Waals surface area (Å²) < 4.78 is 12.4. The molecule has 3 aromatic rings. The summed E-state index contributed by atoms with van der Waals surface area (Å²) in [5, 5.41) is 10.2. The highest BCUT2D eigenvalue weighted by molar-refractivity contribution is 5.86. The lowest BCUT2D eigenvalue weighted by Crippen LogP contribution is -2.58. The minimum atomic E-state index is -0.425. The van der Waals surface area contributed by atoms with E-state index in [1.165, 1.54) is 4.90 Å². The molecule has 41 heavy (non-hydrogen) atoms. The molecule has 0 unspecified atom stereocenters. The highest BCUT2D eigenvalue weighted by Gasteiger charge is 2.34. The number of aromatic amines is 1. The Morgan fingerprint density at radius 2 is 1.80 bits per heavy atom. The van der Waals surface area contributed by atoms with E-state index in [2.05, 4.69) is 15.5 Å². The van der Waals surface area contributed by atoms with Crippen LogP contribution in [0.1, 0.15) is 41.4 Å². The van der Waals surface area contributed by atoms with E-state index in [9.17, 15) is 14.4 Å². The number of carbonyl (C=O) groups excluding carboxylic acids is 3. The van der Waals surface area contributed by atoms with Crippen molar-refractivity contribution in [3.05, 3.63) is 76.6 Å². The quantitative estimate of drug-likeness (QED) is 0.510. The minimum Gasteiger partial charge on any atom is -0.457 e. The van der Waals surface area contributed by atoms with Gasteiger partial charge in [0.1, 0.15) is 11.5 Å².